The van der Waals surface area contributed by atoms with Gasteiger partial charge in [0.15, 0.2) is 5.78 Å². The second-order valence-electron chi connectivity index (χ2n) is 5.03. The molecule has 0 aliphatic heterocycles. The zero-order valence-electron chi connectivity index (χ0n) is 9.09. The molecule has 0 spiro atoms. The van der Waals surface area contributed by atoms with Crippen molar-refractivity contribution < 1.29 is 9.53 Å². The maximum atomic E-state index is 11.4. The van der Waals surface area contributed by atoms with Crippen LogP contribution >= 0.6 is 0 Å². The molecule has 2 nitrogen and oxygen atoms in total. The lowest BCUT2D eigenvalue weighted by Gasteiger charge is -2.36. The monoisotopic (exact) mass is 184 g/mol. The van der Waals surface area contributed by atoms with E-state index >= 15 is 0 Å². The number of methoxy groups -OCH3 is 1. The van der Waals surface area contributed by atoms with E-state index < -0.39 is 0 Å². The number of carbonyl (C=O) groups is 1. The Bertz CT molecular complexity index is 191. The molecule has 76 valence electrons. The summed E-state index contributed by atoms with van der Waals surface area (Å²) >= 11 is 0. The van der Waals surface area contributed by atoms with Gasteiger partial charge < -0.3 is 4.74 Å². The molecule has 1 aliphatic carbocycles. The van der Waals surface area contributed by atoms with Crippen LogP contribution in [0.3, 0.4) is 0 Å². The van der Waals surface area contributed by atoms with Gasteiger partial charge in [-0.15, -0.1) is 0 Å². The van der Waals surface area contributed by atoms with E-state index in [-0.39, 0.29) is 11.9 Å². The van der Waals surface area contributed by atoms with Crippen molar-refractivity contribution in [3.8, 4) is 0 Å². The van der Waals surface area contributed by atoms with Crippen molar-refractivity contribution in [2.75, 3.05) is 7.11 Å². The molecule has 1 fully saturated rings. The molecule has 0 amide bonds. The Morgan fingerprint density at radius 2 is 2.00 bits per heavy atom. The predicted molar refractivity (Wildman–Crippen MR) is 52.6 cm³/mol. The number of Topliss-reactive ketones (excluding diaryl/α,β-unsaturated/α-hetero) is 1. The van der Waals surface area contributed by atoms with Crippen molar-refractivity contribution in [3.63, 3.8) is 0 Å². The Kier molecular flexibility index (Phi) is 3.12. The summed E-state index contributed by atoms with van der Waals surface area (Å²) in [4.78, 5) is 11.4. The minimum absolute atomic E-state index is 0.141. The summed E-state index contributed by atoms with van der Waals surface area (Å²) in [5.41, 5.74) is 0.303. The van der Waals surface area contributed by atoms with Crippen LogP contribution in [0.15, 0.2) is 0 Å². The molecule has 0 aromatic carbocycles. The molecule has 0 radical (unpaired) electrons. The van der Waals surface area contributed by atoms with Crippen LogP contribution in [-0.2, 0) is 9.53 Å². The topological polar surface area (TPSA) is 26.3 Å². The van der Waals surface area contributed by atoms with Crippen molar-refractivity contribution in [3.05, 3.63) is 0 Å². The molecule has 0 unspecified atom stereocenters. The van der Waals surface area contributed by atoms with Crippen LogP contribution in [0, 0.1) is 11.3 Å². The van der Waals surface area contributed by atoms with Gasteiger partial charge in [0.05, 0.1) is 0 Å². The number of carbonyl (C=O) groups excluding carboxylic acids is 1. The van der Waals surface area contributed by atoms with Crippen LogP contribution in [0.2, 0.25) is 0 Å². The Morgan fingerprint density at radius 3 is 2.46 bits per heavy atom. The number of rotatable bonds is 1. The van der Waals surface area contributed by atoms with E-state index in [2.05, 4.69) is 20.8 Å². The molecular formula is C11H20O2. The second-order valence-corrected chi connectivity index (χ2v) is 5.03. The van der Waals surface area contributed by atoms with Gasteiger partial charge in [0.25, 0.3) is 0 Å². The quantitative estimate of drug-likeness (QED) is 0.625. The fraction of sp³-hybridized carbons (Fsp3) is 0.909. The first-order chi connectivity index (χ1) is 5.95. The molecule has 0 saturated heterocycles. The van der Waals surface area contributed by atoms with Crippen molar-refractivity contribution in [1.82, 2.24) is 0 Å². The Labute approximate surface area is 80.7 Å². The fourth-order valence-corrected chi connectivity index (χ4v) is 2.00. The van der Waals surface area contributed by atoms with Crippen LogP contribution in [0.1, 0.15) is 40.0 Å². The van der Waals surface area contributed by atoms with Gasteiger partial charge >= 0.3 is 0 Å². The van der Waals surface area contributed by atoms with Crippen LogP contribution in [0.4, 0.5) is 0 Å². The molecule has 2 atom stereocenters. The molecule has 0 bridgehead atoms. The Balaban J connectivity index is 2.60. The van der Waals surface area contributed by atoms with Crippen molar-refractivity contribution in [1.29, 1.82) is 0 Å². The lowest BCUT2D eigenvalue weighted by Crippen LogP contribution is -2.36. The third-order valence-electron chi connectivity index (χ3n) is 3.11. The van der Waals surface area contributed by atoms with Gasteiger partial charge in [-0.1, -0.05) is 20.8 Å². The van der Waals surface area contributed by atoms with E-state index in [1.54, 1.807) is 7.11 Å². The summed E-state index contributed by atoms with van der Waals surface area (Å²) in [6.07, 6.45) is 2.49. The number of ether oxygens (including phenoxy) is 1. The van der Waals surface area contributed by atoms with E-state index in [1.807, 2.05) is 0 Å². The van der Waals surface area contributed by atoms with E-state index in [0.29, 0.717) is 17.8 Å². The van der Waals surface area contributed by atoms with Crippen molar-refractivity contribution in [2.45, 2.75) is 46.1 Å². The summed E-state index contributed by atoms with van der Waals surface area (Å²) < 4.78 is 5.18. The molecule has 0 aromatic rings. The highest BCUT2D eigenvalue weighted by atomic mass is 16.5. The summed E-state index contributed by atoms with van der Waals surface area (Å²) in [6, 6.07) is 0. The first kappa shape index (κ1) is 10.7. The summed E-state index contributed by atoms with van der Waals surface area (Å²) in [5.74, 6) is 0.901. The minimum atomic E-state index is -0.141. The third kappa shape index (κ3) is 2.53. The predicted octanol–water partition coefficient (Wildman–Crippen LogP) is 2.42. The maximum Gasteiger partial charge on any atom is 0.161 e. The average Bonchev–Trinajstić information content (AvgIpc) is 2.03. The van der Waals surface area contributed by atoms with Crippen molar-refractivity contribution in [2.24, 2.45) is 11.3 Å². The Morgan fingerprint density at radius 1 is 1.38 bits per heavy atom. The molecule has 0 heterocycles. The highest BCUT2D eigenvalue weighted by Crippen LogP contribution is 2.37. The number of hydrogen-bond acceptors (Lipinski definition) is 2. The largest absolute Gasteiger partial charge is 0.374 e. The van der Waals surface area contributed by atoms with E-state index in [4.69, 9.17) is 4.74 Å². The molecule has 1 rings (SSSR count). The van der Waals surface area contributed by atoms with E-state index in [9.17, 15) is 4.79 Å². The zero-order chi connectivity index (χ0) is 10.1. The molecule has 0 aromatic heterocycles. The summed E-state index contributed by atoms with van der Waals surface area (Å²) in [6.45, 7) is 6.71. The lowest BCUT2D eigenvalue weighted by molar-refractivity contribution is -0.134. The maximum absolute atomic E-state index is 11.4. The van der Waals surface area contributed by atoms with Gasteiger partial charge in [-0.3, -0.25) is 4.79 Å². The van der Waals surface area contributed by atoms with E-state index in [0.717, 1.165) is 12.8 Å². The summed E-state index contributed by atoms with van der Waals surface area (Å²) in [7, 11) is 1.63. The molecule has 1 saturated carbocycles. The fourth-order valence-electron chi connectivity index (χ4n) is 2.00. The van der Waals surface area contributed by atoms with E-state index in [1.165, 1.54) is 0 Å². The first-order valence-electron chi connectivity index (χ1n) is 5.00. The van der Waals surface area contributed by atoms with Gasteiger partial charge in [0.2, 0.25) is 0 Å². The number of hydrogen-bond donors (Lipinski definition) is 0. The SMILES string of the molecule is CO[C@H]1C[C@@H](C(C)(C)C)CCC1=O. The molecule has 13 heavy (non-hydrogen) atoms. The van der Waals surface area contributed by atoms with Gasteiger partial charge in [-0.05, 0) is 24.2 Å². The summed E-state index contributed by atoms with van der Waals surface area (Å²) in [5, 5.41) is 0. The normalized spacial score (nSPS) is 30.6. The highest BCUT2D eigenvalue weighted by molar-refractivity contribution is 5.83. The third-order valence-corrected chi connectivity index (χ3v) is 3.11. The minimum Gasteiger partial charge on any atom is -0.374 e. The van der Waals surface area contributed by atoms with Gasteiger partial charge in [-0.25, -0.2) is 0 Å². The molecule has 2 heteroatoms. The molecule has 0 N–H and O–H groups in total. The molecule has 1 aliphatic rings. The molecular weight excluding hydrogens is 164 g/mol. The van der Waals surface area contributed by atoms with Crippen LogP contribution in [0.5, 0.6) is 0 Å². The smallest absolute Gasteiger partial charge is 0.161 e. The lowest BCUT2D eigenvalue weighted by atomic mass is 9.71. The standard InChI is InChI=1S/C11H20O2/c1-11(2,3)8-5-6-9(12)10(7-8)13-4/h8,10H,5-7H2,1-4H3/t8-,10-/m0/s1. The average molecular weight is 184 g/mol. The Hall–Kier alpha value is -0.370. The van der Waals surface area contributed by atoms with Crippen molar-refractivity contribution >= 4 is 5.78 Å². The van der Waals surface area contributed by atoms with Gasteiger partial charge in [0.1, 0.15) is 6.10 Å². The second kappa shape index (κ2) is 3.79. The van der Waals surface area contributed by atoms with Crippen LogP contribution < -0.4 is 0 Å². The van der Waals surface area contributed by atoms with Gasteiger partial charge in [0, 0.05) is 13.5 Å². The van der Waals surface area contributed by atoms with Crippen LogP contribution in [-0.4, -0.2) is 19.0 Å². The van der Waals surface area contributed by atoms with Crippen LogP contribution in [0.25, 0.3) is 0 Å². The first-order valence-corrected chi connectivity index (χ1v) is 5.00. The highest BCUT2D eigenvalue weighted by Gasteiger charge is 2.34. The van der Waals surface area contributed by atoms with Gasteiger partial charge in [-0.2, -0.15) is 0 Å². The number of ketones is 1. The zero-order valence-corrected chi connectivity index (χ0v) is 9.09.